The summed E-state index contributed by atoms with van der Waals surface area (Å²) < 4.78 is 7.09. The highest BCUT2D eigenvalue weighted by molar-refractivity contribution is 5.73. The third kappa shape index (κ3) is 1.93. The van der Waals surface area contributed by atoms with Crippen LogP contribution in [0.1, 0.15) is 25.0 Å². The Labute approximate surface area is 102 Å². The molecule has 17 heavy (non-hydrogen) atoms. The van der Waals surface area contributed by atoms with Crippen LogP contribution in [0.25, 0.3) is 11.3 Å². The highest BCUT2D eigenvalue weighted by Crippen LogP contribution is 2.36. The SMILES string of the molecule is CC.COc1ccc2c(c1)Cc1cn(C)nc1-2. The van der Waals surface area contributed by atoms with E-state index in [-0.39, 0.29) is 0 Å². The summed E-state index contributed by atoms with van der Waals surface area (Å²) in [6.07, 6.45) is 3.05. The van der Waals surface area contributed by atoms with Crippen molar-refractivity contribution in [2.24, 2.45) is 7.05 Å². The minimum absolute atomic E-state index is 0.920. The van der Waals surface area contributed by atoms with Gasteiger partial charge >= 0.3 is 0 Å². The molecule has 3 nitrogen and oxygen atoms in total. The Morgan fingerprint density at radius 1 is 1.24 bits per heavy atom. The molecule has 0 atom stereocenters. The quantitative estimate of drug-likeness (QED) is 0.642. The van der Waals surface area contributed by atoms with Gasteiger partial charge < -0.3 is 4.74 Å². The molecule has 1 heterocycles. The Bertz CT molecular complexity index is 529. The first-order chi connectivity index (χ1) is 8.28. The predicted molar refractivity (Wildman–Crippen MR) is 69.4 cm³/mol. The molecule has 1 aliphatic rings. The summed E-state index contributed by atoms with van der Waals surface area (Å²) in [5.74, 6) is 0.920. The summed E-state index contributed by atoms with van der Waals surface area (Å²) in [7, 11) is 3.66. The number of ether oxygens (including phenoxy) is 1. The number of nitrogens with zero attached hydrogens (tertiary/aromatic N) is 2. The number of benzene rings is 1. The maximum absolute atomic E-state index is 5.21. The molecule has 0 saturated heterocycles. The zero-order valence-corrected chi connectivity index (χ0v) is 10.8. The van der Waals surface area contributed by atoms with Crippen LogP contribution in [0.3, 0.4) is 0 Å². The summed E-state index contributed by atoms with van der Waals surface area (Å²) in [5, 5.41) is 4.46. The number of methoxy groups -OCH3 is 1. The van der Waals surface area contributed by atoms with Crippen LogP contribution in [0.2, 0.25) is 0 Å². The van der Waals surface area contributed by atoms with E-state index >= 15 is 0 Å². The molecule has 3 rings (SSSR count). The number of hydrogen-bond donors (Lipinski definition) is 0. The first-order valence-electron chi connectivity index (χ1n) is 5.98. The zero-order chi connectivity index (χ0) is 12.4. The van der Waals surface area contributed by atoms with E-state index in [0.717, 1.165) is 17.9 Å². The van der Waals surface area contributed by atoms with Crippen molar-refractivity contribution in [2.75, 3.05) is 7.11 Å². The van der Waals surface area contributed by atoms with Gasteiger partial charge in [0.25, 0.3) is 0 Å². The van der Waals surface area contributed by atoms with Gasteiger partial charge in [-0.05, 0) is 23.8 Å². The fourth-order valence-electron chi connectivity index (χ4n) is 2.17. The smallest absolute Gasteiger partial charge is 0.119 e. The molecule has 1 aliphatic carbocycles. The monoisotopic (exact) mass is 230 g/mol. The fourth-order valence-corrected chi connectivity index (χ4v) is 2.17. The van der Waals surface area contributed by atoms with Crippen LogP contribution >= 0.6 is 0 Å². The standard InChI is InChI=1S/C12H12N2O.C2H6/c1-14-7-9-5-8-6-10(15-2)3-4-11(8)12(9)13-14;1-2/h3-4,6-7H,5H2,1-2H3;1-2H3. The van der Waals surface area contributed by atoms with Gasteiger partial charge in [-0.1, -0.05) is 13.8 Å². The van der Waals surface area contributed by atoms with Crippen LogP contribution in [0.4, 0.5) is 0 Å². The lowest BCUT2D eigenvalue weighted by Crippen LogP contribution is -1.91. The van der Waals surface area contributed by atoms with Gasteiger partial charge in [0.1, 0.15) is 5.75 Å². The second-order valence-corrected chi connectivity index (χ2v) is 3.88. The van der Waals surface area contributed by atoms with Crippen molar-refractivity contribution in [3.8, 4) is 17.0 Å². The third-order valence-corrected chi connectivity index (χ3v) is 2.85. The normalized spacial score (nSPS) is 11.3. The van der Waals surface area contributed by atoms with Crippen molar-refractivity contribution in [1.82, 2.24) is 9.78 Å². The molecule has 3 heteroatoms. The highest BCUT2D eigenvalue weighted by Gasteiger charge is 2.21. The number of fused-ring (bicyclic) bond motifs is 3. The molecule has 0 aliphatic heterocycles. The van der Waals surface area contributed by atoms with Gasteiger partial charge in [0.2, 0.25) is 0 Å². The van der Waals surface area contributed by atoms with Gasteiger partial charge in [-0.15, -0.1) is 0 Å². The lowest BCUT2D eigenvalue weighted by molar-refractivity contribution is 0.414. The van der Waals surface area contributed by atoms with E-state index in [9.17, 15) is 0 Å². The average molecular weight is 230 g/mol. The average Bonchev–Trinajstić information content (AvgIpc) is 2.86. The van der Waals surface area contributed by atoms with E-state index in [1.807, 2.05) is 31.6 Å². The Hall–Kier alpha value is -1.77. The van der Waals surface area contributed by atoms with Gasteiger partial charge in [-0.25, -0.2) is 0 Å². The number of aryl methyl sites for hydroxylation is 1. The third-order valence-electron chi connectivity index (χ3n) is 2.85. The Balaban J connectivity index is 0.000000514. The van der Waals surface area contributed by atoms with Crippen molar-refractivity contribution < 1.29 is 4.74 Å². The summed E-state index contributed by atoms with van der Waals surface area (Å²) >= 11 is 0. The van der Waals surface area contributed by atoms with Crippen LogP contribution in [0.15, 0.2) is 24.4 Å². The van der Waals surface area contributed by atoms with E-state index in [4.69, 9.17) is 4.74 Å². The second kappa shape index (κ2) is 4.62. The number of aromatic nitrogens is 2. The second-order valence-electron chi connectivity index (χ2n) is 3.88. The van der Waals surface area contributed by atoms with Crippen LogP contribution in [0.5, 0.6) is 5.75 Å². The van der Waals surface area contributed by atoms with E-state index in [0.29, 0.717) is 0 Å². The van der Waals surface area contributed by atoms with Crippen LogP contribution in [-0.4, -0.2) is 16.9 Å². The zero-order valence-electron chi connectivity index (χ0n) is 10.8. The van der Waals surface area contributed by atoms with E-state index in [1.165, 1.54) is 16.7 Å². The molecular formula is C14H18N2O. The van der Waals surface area contributed by atoms with Crippen LogP contribution < -0.4 is 4.74 Å². The number of hydrogen-bond acceptors (Lipinski definition) is 2. The van der Waals surface area contributed by atoms with E-state index < -0.39 is 0 Å². The molecule has 0 unspecified atom stereocenters. The summed E-state index contributed by atoms with van der Waals surface area (Å²) in [4.78, 5) is 0. The van der Waals surface area contributed by atoms with E-state index in [1.54, 1.807) is 7.11 Å². The largest absolute Gasteiger partial charge is 0.497 e. The molecule has 0 radical (unpaired) electrons. The number of rotatable bonds is 1. The van der Waals surface area contributed by atoms with Gasteiger partial charge in [-0.2, -0.15) is 5.10 Å². The maximum atomic E-state index is 5.21. The Kier molecular flexibility index (Phi) is 3.18. The maximum Gasteiger partial charge on any atom is 0.119 e. The molecule has 0 fully saturated rings. The molecule has 0 saturated carbocycles. The topological polar surface area (TPSA) is 27.1 Å². The van der Waals surface area contributed by atoms with Gasteiger partial charge in [0.15, 0.2) is 0 Å². The van der Waals surface area contributed by atoms with Gasteiger partial charge in [0, 0.05) is 30.8 Å². The molecule has 2 aromatic rings. The Morgan fingerprint density at radius 3 is 2.71 bits per heavy atom. The van der Waals surface area contributed by atoms with Crippen molar-refractivity contribution in [3.05, 3.63) is 35.5 Å². The van der Waals surface area contributed by atoms with Crippen molar-refractivity contribution in [1.29, 1.82) is 0 Å². The minimum Gasteiger partial charge on any atom is -0.497 e. The van der Waals surface area contributed by atoms with Crippen molar-refractivity contribution in [3.63, 3.8) is 0 Å². The lowest BCUT2D eigenvalue weighted by atomic mass is 10.1. The summed E-state index contributed by atoms with van der Waals surface area (Å²) in [6, 6.07) is 6.17. The Morgan fingerprint density at radius 2 is 2.00 bits per heavy atom. The highest BCUT2D eigenvalue weighted by atomic mass is 16.5. The first-order valence-corrected chi connectivity index (χ1v) is 5.98. The predicted octanol–water partition coefficient (Wildman–Crippen LogP) is 3.03. The van der Waals surface area contributed by atoms with Gasteiger partial charge in [-0.3, -0.25) is 4.68 Å². The summed E-state index contributed by atoms with van der Waals surface area (Å²) in [5.41, 5.74) is 4.98. The molecule has 0 spiro atoms. The van der Waals surface area contributed by atoms with Gasteiger partial charge in [0.05, 0.1) is 12.8 Å². The summed E-state index contributed by atoms with van der Waals surface area (Å²) in [6.45, 7) is 4.00. The molecular weight excluding hydrogens is 212 g/mol. The van der Waals surface area contributed by atoms with Crippen LogP contribution in [0, 0.1) is 0 Å². The lowest BCUT2D eigenvalue weighted by Gasteiger charge is -2.03. The minimum atomic E-state index is 0.920. The fraction of sp³-hybridized carbons (Fsp3) is 0.357. The van der Waals surface area contributed by atoms with E-state index in [2.05, 4.69) is 23.4 Å². The first kappa shape index (κ1) is 11.7. The molecule has 1 aromatic carbocycles. The molecule has 90 valence electrons. The molecule has 0 N–H and O–H groups in total. The van der Waals surface area contributed by atoms with Crippen molar-refractivity contribution in [2.45, 2.75) is 20.3 Å². The molecule has 0 amide bonds. The molecule has 1 aromatic heterocycles. The van der Waals surface area contributed by atoms with Crippen molar-refractivity contribution >= 4 is 0 Å². The molecule has 0 bridgehead atoms. The van der Waals surface area contributed by atoms with Crippen LogP contribution in [-0.2, 0) is 13.5 Å².